The summed E-state index contributed by atoms with van der Waals surface area (Å²) in [6.07, 6.45) is 3.58. The number of hydrogen-bond acceptors (Lipinski definition) is 3. The fraction of sp³-hybridized carbons (Fsp3) is 1.00. The molecule has 1 N–H and O–H groups in total. The molecule has 1 rings (SSSR count). The van der Waals surface area contributed by atoms with Crippen molar-refractivity contribution in [3.8, 4) is 0 Å². The van der Waals surface area contributed by atoms with E-state index >= 15 is 0 Å². The van der Waals surface area contributed by atoms with Gasteiger partial charge < -0.3 is 5.32 Å². The van der Waals surface area contributed by atoms with Crippen LogP contribution in [0.1, 0.15) is 39.5 Å². The molecular weight excluding hydrogens is 198 g/mol. The smallest absolute Gasteiger partial charge is 0.157 e. The fourth-order valence-electron chi connectivity index (χ4n) is 2.18. The first-order valence-corrected chi connectivity index (χ1v) is 7.05. The van der Waals surface area contributed by atoms with Crippen LogP contribution in [-0.4, -0.2) is 32.0 Å². The summed E-state index contributed by atoms with van der Waals surface area (Å²) in [6.45, 7) is 3.76. The van der Waals surface area contributed by atoms with Gasteiger partial charge in [0.05, 0.1) is 10.5 Å². The summed E-state index contributed by atoms with van der Waals surface area (Å²) in [5.41, 5.74) is 0. The van der Waals surface area contributed by atoms with Crippen LogP contribution in [0.5, 0.6) is 0 Å². The molecule has 3 nitrogen and oxygen atoms in total. The Morgan fingerprint density at radius 3 is 2.57 bits per heavy atom. The summed E-state index contributed by atoms with van der Waals surface area (Å²) in [5.74, 6) is 0. The lowest BCUT2D eigenvalue weighted by Gasteiger charge is -2.22. The van der Waals surface area contributed by atoms with Crippen LogP contribution in [0.3, 0.4) is 0 Å². The summed E-state index contributed by atoms with van der Waals surface area (Å²) >= 11 is 0. The second-order valence-electron chi connectivity index (χ2n) is 4.17. The van der Waals surface area contributed by atoms with Crippen molar-refractivity contribution in [2.24, 2.45) is 0 Å². The van der Waals surface area contributed by atoms with Gasteiger partial charge in [-0.25, -0.2) is 8.42 Å². The third kappa shape index (κ3) is 2.11. The van der Waals surface area contributed by atoms with Crippen molar-refractivity contribution in [2.75, 3.05) is 7.05 Å². The van der Waals surface area contributed by atoms with Gasteiger partial charge in [0.2, 0.25) is 0 Å². The summed E-state index contributed by atoms with van der Waals surface area (Å²) in [5, 5.41) is 2.78. The van der Waals surface area contributed by atoms with Crippen molar-refractivity contribution in [1.29, 1.82) is 0 Å². The van der Waals surface area contributed by atoms with E-state index in [0.717, 1.165) is 25.7 Å². The Morgan fingerprint density at radius 1 is 1.43 bits per heavy atom. The van der Waals surface area contributed by atoms with Crippen molar-refractivity contribution in [3.05, 3.63) is 0 Å². The van der Waals surface area contributed by atoms with Crippen LogP contribution in [-0.2, 0) is 9.84 Å². The van der Waals surface area contributed by atoms with Crippen LogP contribution >= 0.6 is 0 Å². The maximum Gasteiger partial charge on any atom is 0.157 e. The minimum absolute atomic E-state index is 0.151. The van der Waals surface area contributed by atoms with E-state index in [0.29, 0.717) is 0 Å². The Labute approximate surface area is 87.2 Å². The van der Waals surface area contributed by atoms with E-state index in [-0.39, 0.29) is 16.5 Å². The molecule has 0 aliphatic heterocycles. The predicted octanol–water partition coefficient (Wildman–Crippen LogP) is 1.34. The highest BCUT2D eigenvalue weighted by molar-refractivity contribution is 7.92. The van der Waals surface area contributed by atoms with Crippen LogP contribution in [0.25, 0.3) is 0 Å². The molecule has 0 aromatic rings. The van der Waals surface area contributed by atoms with Crippen LogP contribution in [0.2, 0.25) is 0 Å². The minimum atomic E-state index is -2.91. The molecule has 0 aromatic carbocycles. The number of sulfone groups is 1. The van der Waals surface area contributed by atoms with Gasteiger partial charge in [0.1, 0.15) is 0 Å². The Hall–Kier alpha value is -0.0900. The SMILES string of the molecule is CCC(C)S(=O)(=O)C1CCCC1NC. The molecule has 0 aromatic heterocycles. The first-order valence-electron chi connectivity index (χ1n) is 5.44. The highest BCUT2D eigenvalue weighted by atomic mass is 32.2. The lowest BCUT2D eigenvalue weighted by molar-refractivity contribution is 0.527. The molecule has 0 spiro atoms. The molecule has 1 aliphatic rings. The molecule has 1 aliphatic carbocycles. The van der Waals surface area contributed by atoms with Crippen molar-refractivity contribution < 1.29 is 8.42 Å². The maximum atomic E-state index is 12.1. The third-order valence-corrected chi connectivity index (χ3v) is 6.24. The van der Waals surface area contributed by atoms with Crippen molar-refractivity contribution >= 4 is 9.84 Å². The fourth-order valence-corrected chi connectivity index (χ4v) is 4.47. The molecule has 14 heavy (non-hydrogen) atoms. The second kappa shape index (κ2) is 4.62. The first kappa shape index (κ1) is 12.0. The van der Waals surface area contributed by atoms with E-state index in [9.17, 15) is 8.42 Å². The average molecular weight is 219 g/mol. The van der Waals surface area contributed by atoms with Gasteiger partial charge in [-0.05, 0) is 33.2 Å². The molecule has 0 radical (unpaired) electrons. The number of rotatable bonds is 4. The van der Waals surface area contributed by atoms with Crippen molar-refractivity contribution in [2.45, 2.75) is 56.1 Å². The Kier molecular flexibility index (Phi) is 3.95. The zero-order valence-corrected chi connectivity index (χ0v) is 10.1. The Morgan fingerprint density at radius 2 is 2.07 bits per heavy atom. The number of nitrogens with one attached hydrogen (secondary N) is 1. The lowest BCUT2D eigenvalue weighted by atomic mass is 10.2. The van der Waals surface area contributed by atoms with Gasteiger partial charge in [-0.3, -0.25) is 0 Å². The normalized spacial score (nSPS) is 30.5. The Balaban J connectivity index is 2.81. The average Bonchev–Trinajstić information content (AvgIpc) is 2.64. The highest BCUT2D eigenvalue weighted by Gasteiger charge is 2.38. The van der Waals surface area contributed by atoms with Gasteiger partial charge in [0, 0.05) is 6.04 Å². The lowest BCUT2D eigenvalue weighted by Crippen LogP contribution is -2.41. The topological polar surface area (TPSA) is 46.2 Å². The van der Waals surface area contributed by atoms with E-state index in [1.165, 1.54) is 0 Å². The summed E-state index contributed by atoms with van der Waals surface area (Å²) in [6, 6.07) is 0.175. The minimum Gasteiger partial charge on any atom is -0.316 e. The highest BCUT2D eigenvalue weighted by Crippen LogP contribution is 2.28. The molecule has 84 valence electrons. The van der Waals surface area contributed by atoms with Gasteiger partial charge in [0.15, 0.2) is 9.84 Å². The predicted molar refractivity (Wildman–Crippen MR) is 59.2 cm³/mol. The maximum absolute atomic E-state index is 12.1. The number of hydrogen-bond donors (Lipinski definition) is 1. The van der Waals surface area contributed by atoms with Gasteiger partial charge in [0.25, 0.3) is 0 Å². The second-order valence-corrected chi connectivity index (χ2v) is 6.76. The van der Waals surface area contributed by atoms with E-state index in [1.54, 1.807) is 0 Å². The quantitative estimate of drug-likeness (QED) is 0.776. The zero-order valence-electron chi connectivity index (χ0n) is 9.29. The molecule has 0 heterocycles. The standard InChI is InChI=1S/C10H21NO2S/c1-4-8(2)14(12,13)10-7-5-6-9(10)11-3/h8-11H,4-7H2,1-3H3. The summed E-state index contributed by atoms with van der Waals surface area (Å²) in [7, 11) is -1.06. The van der Waals surface area contributed by atoms with E-state index in [1.807, 2.05) is 20.9 Å². The molecule has 1 fully saturated rings. The van der Waals surface area contributed by atoms with Gasteiger partial charge in [-0.1, -0.05) is 13.3 Å². The molecule has 3 atom stereocenters. The van der Waals surface area contributed by atoms with E-state index in [4.69, 9.17) is 0 Å². The monoisotopic (exact) mass is 219 g/mol. The molecule has 1 saturated carbocycles. The molecular formula is C10H21NO2S. The zero-order chi connectivity index (χ0) is 10.8. The van der Waals surface area contributed by atoms with Crippen LogP contribution in [0, 0.1) is 0 Å². The Bertz CT molecular complexity index is 274. The van der Waals surface area contributed by atoms with E-state index in [2.05, 4.69) is 5.32 Å². The van der Waals surface area contributed by atoms with Crippen LogP contribution in [0.4, 0.5) is 0 Å². The van der Waals surface area contributed by atoms with E-state index < -0.39 is 9.84 Å². The van der Waals surface area contributed by atoms with Crippen molar-refractivity contribution in [1.82, 2.24) is 5.32 Å². The third-order valence-electron chi connectivity index (χ3n) is 3.38. The summed E-state index contributed by atoms with van der Waals surface area (Å²) in [4.78, 5) is 0. The molecule has 0 amide bonds. The molecule has 0 bridgehead atoms. The molecule has 0 saturated heterocycles. The van der Waals surface area contributed by atoms with Crippen LogP contribution < -0.4 is 5.32 Å². The summed E-state index contributed by atoms with van der Waals surface area (Å²) < 4.78 is 24.2. The van der Waals surface area contributed by atoms with Crippen LogP contribution in [0.15, 0.2) is 0 Å². The van der Waals surface area contributed by atoms with Gasteiger partial charge in [-0.15, -0.1) is 0 Å². The van der Waals surface area contributed by atoms with Gasteiger partial charge >= 0.3 is 0 Å². The molecule has 4 heteroatoms. The molecule has 3 unspecified atom stereocenters. The first-order chi connectivity index (χ1) is 6.54. The van der Waals surface area contributed by atoms with Gasteiger partial charge in [-0.2, -0.15) is 0 Å². The van der Waals surface area contributed by atoms with Crippen molar-refractivity contribution in [3.63, 3.8) is 0 Å². The largest absolute Gasteiger partial charge is 0.316 e.